The zero-order valence-corrected chi connectivity index (χ0v) is 15.3. The molecule has 0 heterocycles. The summed E-state index contributed by atoms with van der Waals surface area (Å²) < 4.78 is 5.12. The van der Waals surface area contributed by atoms with Crippen LogP contribution >= 0.6 is 0 Å². The topological polar surface area (TPSA) is 95.9 Å². The van der Waals surface area contributed by atoms with Gasteiger partial charge in [-0.3, -0.25) is 9.59 Å². The maximum atomic E-state index is 12.4. The molecule has 0 atom stereocenters. The zero-order valence-electron chi connectivity index (χ0n) is 15.3. The number of ether oxygens (including phenoxy) is 1. The van der Waals surface area contributed by atoms with Crippen LogP contribution in [0.2, 0.25) is 0 Å². The van der Waals surface area contributed by atoms with Crippen molar-refractivity contribution in [3.63, 3.8) is 0 Å². The van der Waals surface area contributed by atoms with Crippen LogP contribution in [0.25, 0.3) is 0 Å². The number of hydrogen-bond donors (Lipinski definition) is 2. The highest BCUT2D eigenvalue weighted by molar-refractivity contribution is 5.99. The van der Waals surface area contributed by atoms with E-state index in [9.17, 15) is 14.4 Å². The van der Waals surface area contributed by atoms with E-state index in [0.29, 0.717) is 23.4 Å². The molecule has 2 aromatic rings. The van der Waals surface area contributed by atoms with Crippen LogP contribution in [-0.2, 0) is 11.3 Å². The molecule has 2 rings (SSSR count). The van der Waals surface area contributed by atoms with Crippen molar-refractivity contribution in [3.8, 4) is 5.75 Å². The Kier molecular flexibility index (Phi) is 6.93. The van der Waals surface area contributed by atoms with E-state index in [1.165, 1.54) is 0 Å². The summed E-state index contributed by atoms with van der Waals surface area (Å²) in [6.07, 6.45) is 0. The van der Waals surface area contributed by atoms with E-state index in [4.69, 9.17) is 9.84 Å². The molecule has 0 unspecified atom stereocenters. The molecule has 0 aliphatic heterocycles. The van der Waals surface area contributed by atoms with Gasteiger partial charge in [0.25, 0.3) is 11.8 Å². The van der Waals surface area contributed by atoms with Crippen molar-refractivity contribution >= 4 is 17.8 Å². The molecule has 0 fully saturated rings. The second-order valence-electron chi connectivity index (χ2n) is 5.91. The minimum atomic E-state index is -1.06. The van der Waals surface area contributed by atoms with Crippen LogP contribution in [0.1, 0.15) is 33.2 Å². The van der Waals surface area contributed by atoms with Crippen LogP contribution in [0.3, 0.4) is 0 Å². The predicted octanol–water partition coefficient (Wildman–Crippen LogP) is 2.17. The first-order valence-electron chi connectivity index (χ1n) is 8.48. The lowest BCUT2D eigenvalue weighted by molar-refractivity contribution is -0.139. The van der Waals surface area contributed by atoms with E-state index in [2.05, 4.69) is 5.32 Å². The predicted molar refractivity (Wildman–Crippen MR) is 99.8 cm³/mol. The number of carboxylic acid groups (broad SMARTS) is 1. The monoisotopic (exact) mass is 370 g/mol. The summed E-state index contributed by atoms with van der Waals surface area (Å²) in [6.45, 7) is 2.28. The number of carbonyl (C=O) groups excluding carboxylic acids is 2. The van der Waals surface area contributed by atoms with Crippen LogP contribution in [0.15, 0.2) is 48.5 Å². The molecule has 2 amide bonds. The first-order chi connectivity index (χ1) is 12.9. The fourth-order valence-corrected chi connectivity index (χ4v) is 2.33. The highest BCUT2D eigenvalue weighted by Crippen LogP contribution is 2.14. The lowest BCUT2D eigenvalue weighted by Crippen LogP contribution is -2.27. The Bertz CT molecular complexity index is 835. The largest absolute Gasteiger partial charge is 0.482 e. The fourth-order valence-electron chi connectivity index (χ4n) is 2.33. The van der Waals surface area contributed by atoms with Crippen LogP contribution in [0.4, 0.5) is 0 Å². The molecule has 0 spiro atoms. The maximum absolute atomic E-state index is 12.4. The molecule has 0 aliphatic carbocycles. The van der Waals surface area contributed by atoms with Crippen molar-refractivity contribution in [3.05, 3.63) is 65.2 Å². The first kappa shape index (κ1) is 20.0. The highest BCUT2D eigenvalue weighted by Gasteiger charge is 2.13. The molecule has 7 heteroatoms. The zero-order chi connectivity index (χ0) is 19.8. The summed E-state index contributed by atoms with van der Waals surface area (Å²) in [6, 6.07) is 13.4. The molecule has 0 aromatic heterocycles. The molecule has 0 saturated carbocycles. The lowest BCUT2D eigenvalue weighted by atomic mass is 10.1. The van der Waals surface area contributed by atoms with Gasteiger partial charge in [-0.25, -0.2) is 4.79 Å². The molecular formula is C20H22N2O5. The van der Waals surface area contributed by atoms with Gasteiger partial charge < -0.3 is 20.1 Å². The summed E-state index contributed by atoms with van der Waals surface area (Å²) >= 11 is 0. The summed E-state index contributed by atoms with van der Waals surface area (Å²) in [5.74, 6) is -1.09. The van der Waals surface area contributed by atoms with E-state index >= 15 is 0 Å². The van der Waals surface area contributed by atoms with E-state index in [-0.39, 0.29) is 18.4 Å². The Hall–Kier alpha value is -3.35. The molecule has 142 valence electrons. The molecule has 0 radical (unpaired) electrons. The van der Waals surface area contributed by atoms with Gasteiger partial charge >= 0.3 is 5.97 Å². The number of carboxylic acids is 1. The molecule has 7 nitrogen and oxygen atoms in total. The Morgan fingerprint density at radius 1 is 1.07 bits per heavy atom. The number of nitrogens with zero attached hydrogens (tertiary/aromatic N) is 1. The number of rotatable bonds is 8. The molecule has 0 bridgehead atoms. The number of aliphatic carboxylic acids is 1. The van der Waals surface area contributed by atoms with Gasteiger partial charge in [0.15, 0.2) is 6.61 Å². The van der Waals surface area contributed by atoms with Crippen molar-refractivity contribution in [2.24, 2.45) is 0 Å². The average Bonchev–Trinajstić information content (AvgIpc) is 2.69. The quantitative estimate of drug-likeness (QED) is 0.742. The smallest absolute Gasteiger partial charge is 0.341 e. The third-order valence-electron chi connectivity index (χ3n) is 3.91. The third kappa shape index (κ3) is 5.85. The van der Waals surface area contributed by atoms with Crippen LogP contribution in [-0.4, -0.2) is 48.0 Å². The number of nitrogens with one attached hydrogen (secondary N) is 1. The van der Waals surface area contributed by atoms with Gasteiger partial charge in [-0.2, -0.15) is 0 Å². The van der Waals surface area contributed by atoms with Gasteiger partial charge in [0.05, 0.1) is 0 Å². The fraction of sp³-hybridized carbons (Fsp3) is 0.250. The Labute approximate surface area is 157 Å². The van der Waals surface area contributed by atoms with Gasteiger partial charge in [0.1, 0.15) is 5.75 Å². The van der Waals surface area contributed by atoms with Crippen LogP contribution in [0.5, 0.6) is 5.75 Å². The summed E-state index contributed by atoms with van der Waals surface area (Å²) in [4.78, 5) is 36.7. The van der Waals surface area contributed by atoms with Crippen molar-refractivity contribution in [1.82, 2.24) is 10.2 Å². The Morgan fingerprint density at radius 2 is 1.78 bits per heavy atom. The SMILES string of the molecule is CCN(C)C(=O)c1cccc(C(=O)NCc2cccc(OCC(=O)O)c2)c1. The first-order valence-corrected chi connectivity index (χ1v) is 8.48. The highest BCUT2D eigenvalue weighted by atomic mass is 16.5. The van der Waals surface area contributed by atoms with Crippen LogP contribution < -0.4 is 10.1 Å². The number of benzene rings is 2. The standard InChI is InChI=1S/C20H22N2O5/c1-3-22(2)20(26)16-8-5-7-15(11-16)19(25)21-12-14-6-4-9-17(10-14)27-13-18(23)24/h4-11H,3,12-13H2,1-2H3,(H,21,25)(H,23,24). The maximum Gasteiger partial charge on any atom is 0.341 e. The van der Waals surface area contributed by atoms with E-state index in [1.54, 1.807) is 60.5 Å². The Balaban J connectivity index is 2.01. The molecule has 0 aliphatic rings. The number of hydrogen-bond acceptors (Lipinski definition) is 4. The van der Waals surface area contributed by atoms with Gasteiger partial charge in [-0.05, 0) is 42.8 Å². The van der Waals surface area contributed by atoms with Crippen molar-refractivity contribution in [1.29, 1.82) is 0 Å². The molecule has 27 heavy (non-hydrogen) atoms. The second kappa shape index (κ2) is 9.38. The van der Waals surface area contributed by atoms with Crippen molar-refractivity contribution < 1.29 is 24.2 Å². The summed E-state index contributed by atoms with van der Waals surface area (Å²) in [5, 5.41) is 11.4. The number of carbonyl (C=O) groups is 3. The normalized spacial score (nSPS) is 10.1. The molecule has 2 N–H and O–H groups in total. The Morgan fingerprint density at radius 3 is 2.48 bits per heavy atom. The minimum absolute atomic E-state index is 0.143. The summed E-state index contributed by atoms with van der Waals surface area (Å²) in [7, 11) is 1.70. The van der Waals surface area contributed by atoms with Crippen LogP contribution in [0, 0.1) is 0 Å². The van der Waals surface area contributed by atoms with E-state index < -0.39 is 12.6 Å². The van der Waals surface area contributed by atoms with Crippen molar-refractivity contribution in [2.45, 2.75) is 13.5 Å². The van der Waals surface area contributed by atoms with Gasteiger partial charge in [0, 0.05) is 31.3 Å². The minimum Gasteiger partial charge on any atom is -0.482 e. The van der Waals surface area contributed by atoms with Gasteiger partial charge in [-0.15, -0.1) is 0 Å². The third-order valence-corrected chi connectivity index (χ3v) is 3.91. The van der Waals surface area contributed by atoms with Crippen molar-refractivity contribution in [2.75, 3.05) is 20.2 Å². The molecule has 0 saturated heterocycles. The average molecular weight is 370 g/mol. The van der Waals surface area contributed by atoms with E-state index in [0.717, 1.165) is 5.56 Å². The second-order valence-corrected chi connectivity index (χ2v) is 5.91. The van der Waals surface area contributed by atoms with Gasteiger partial charge in [0.2, 0.25) is 0 Å². The summed E-state index contributed by atoms with van der Waals surface area (Å²) in [5.41, 5.74) is 1.61. The number of amides is 2. The molecule has 2 aromatic carbocycles. The van der Waals surface area contributed by atoms with Gasteiger partial charge in [-0.1, -0.05) is 18.2 Å². The van der Waals surface area contributed by atoms with E-state index in [1.807, 2.05) is 6.92 Å². The molecular weight excluding hydrogens is 348 g/mol. The lowest BCUT2D eigenvalue weighted by Gasteiger charge is -2.15.